The van der Waals surface area contributed by atoms with Crippen molar-refractivity contribution in [1.29, 1.82) is 0 Å². The third-order valence-electron chi connectivity index (χ3n) is 0.246. The Morgan fingerprint density at radius 1 is 1.86 bits per heavy atom. The predicted molar refractivity (Wildman–Crippen MR) is 26.0 cm³/mol. The molecule has 2 amide bonds. The maximum absolute atomic E-state index is 9.48. The van der Waals surface area contributed by atoms with Gasteiger partial charge in [-0.3, -0.25) is 10.5 Å². The van der Waals surface area contributed by atoms with Gasteiger partial charge in [0.15, 0.2) is 0 Å². The molecule has 0 heterocycles. The summed E-state index contributed by atoms with van der Waals surface area (Å²) >= 11 is 0. The van der Waals surface area contributed by atoms with Crippen LogP contribution in [0.3, 0.4) is 0 Å². The highest BCUT2D eigenvalue weighted by Crippen LogP contribution is 1.38. The normalized spacial score (nSPS) is 5.57. The van der Waals surface area contributed by atoms with Crippen molar-refractivity contribution >= 4 is 6.03 Å². The second-order valence-electron chi connectivity index (χ2n) is 0.614. The molecule has 0 saturated carbocycles. The number of carbonyl (C=O) groups excluding carboxylic acids is 1. The Labute approximate surface area is 42.2 Å². The maximum Gasteiger partial charge on any atom is 0.311 e. The van der Waals surface area contributed by atoms with Gasteiger partial charge in [-0.15, -0.1) is 0 Å². The lowest BCUT2D eigenvalue weighted by Gasteiger charge is -1.80. The van der Waals surface area contributed by atoms with Crippen LogP contribution in [0.2, 0.25) is 0 Å². The number of amides is 2. The fourth-order valence-corrected chi connectivity index (χ4v) is 0. The van der Waals surface area contributed by atoms with Crippen LogP contribution in [0.5, 0.6) is 0 Å². The molecule has 0 aliphatic carbocycles. The van der Waals surface area contributed by atoms with E-state index in [4.69, 9.17) is 10.5 Å². The first-order valence-electron chi connectivity index (χ1n) is 1.44. The number of urea groups is 1. The van der Waals surface area contributed by atoms with Crippen molar-refractivity contribution in [3.8, 4) is 0 Å². The van der Waals surface area contributed by atoms with Gasteiger partial charge in [-0.25, -0.2) is 4.79 Å². The number of primary amides is 1. The van der Waals surface area contributed by atoms with Gasteiger partial charge in [-0.1, -0.05) is 0 Å². The van der Waals surface area contributed by atoms with Crippen LogP contribution in [0.25, 0.3) is 0 Å². The zero-order valence-corrected chi connectivity index (χ0v) is 3.88. The van der Waals surface area contributed by atoms with E-state index in [1.54, 1.807) is 0 Å². The van der Waals surface area contributed by atoms with E-state index in [-0.39, 0.29) is 1.43 Å². The van der Waals surface area contributed by atoms with Gasteiger partial charge in [0.25, 0.3) is 0 Å². The molecule has 46 valence electrons. The van der Waals surface area contributed by atoms with E-state index in [0.29, 0.717) is 0 Å². The van der Waals surface area contributed by atoms with E-state index in [2.05, 4.69) is 11.1 Å². The van der Waals surface area contributed by atoms with Crippen molar-refractivity contribution in [3.63, 3.8) is 0 Å². The van der Waals surface area contributed by atoms with Gasteiger partial charge in [0, 0.05) is 8.47 Å². The van der Waals surface area contributed by atoms with E-state index in [0.717, 1.165) is 0 Å². The fourth-order valence-electron chi connectivity index (χ4n) is 0. The molecule has 0 aromatic carbocycles. The van der Waals surface area contributed by atoms with Gasteiger partial charge < -0.3 is 11.1 Å². The second kappa shape index (κ2) is 8.95. The molecule has 7 heavy (non-hydrogen) atoms. The highest BCUT2D eigenvalue weighted by atomic mass is 17.0. The number of hydrogen-bond acceptors (Lipinski definition) is 3. The highest BCUT2D eigenvalue weighted by Gasteiger charge is 1.72. The summed E-state index contributed by atoms with van der Waals surface area (Å²) in [5, 5.41) is 14.2. The molecule has 0 atom stereocenters. The summed E-state index contributed by atoms with van der Waals surface area (Å²) in [6.45, 7) is 0. The van der Waals surface area contributed by atoms with Gasteiger partial charge in [-0.05, 0) is 0 Å². The topological polar surface area (TPSA) is 95.6 Å². The quantitative estimate of drug-likeness (QED) is 0.251. The monoisotopic (exact) mass is 110 g/mol. The summed E-state index contributed by atoms with van der Waals surface area (Å²) in [6, 6.07) is -0.495. The van der Waals surface area contributed by atoms with Crippen molar-refractivity contribution in [1.82, 2.24) is 5.32 Å². The van der Waals surface area contributed by atoms with Gasteiger partial charge in [0.1, 0.15) is 0 Å². The third-order valence-corrected chi connectivity index (χ3v) is 0.246. The Kier molecular flexibility index (Phi) is 12.1. The lowest BCUT2D eigenvalue weighted by molar-refractivity contribution is -0.176. The minimum Gasteiger partial charge on any atom is -0.352 e. The van der Waals surface area contributed by atoms with Gasteiger partial charge in [-0.2, -0.15) is 0 Å². The Balaban J connectivity index is -0.0000000750. The molecule has 0 aromatic heterocycles. The average molecular weight is 110 g/mol. The zero-order valence-electron chi connectivity index (χ0n) is 3.88. The molecular formula is C2H10N2O3. The van der Waals surface area contributed by atoms with Crippen LogP contribution in [0.1, 0.15) is 1.43 Å². The first-order chi connectivity index (χ1) is 3.27. The van der Waals surface area contributed by atoms with Crippen LogP contribution in [-0.4, -0.2) is 23.6 Å². The van der Waals surface area contributed by atoms with Crippen molar-refractivity contribution < 1.29 is 16.7 Å². The summed E-state index contributed by atoms with van der Waals surface area (Å²) < 4.78 is 0. The van der Waals surface area contributed by atoms with Crippen LogP contribution in [0.15, 0.2) is 0 Å². The van der Waals surface area contributed by atoms with E-state index >= 15 is 0 Å². The summed E-state index contributed by atoms with van der Waals surface area (Å²) in [4.78, 5) is 9.48. The molecule has 0 aromatic rings. The lowest BCUT2D eigenvalue weighted by Crippen LogP contribution is -2.24. The first-order valence-corrected chi connectivity index (χ1v) is 1.44. The van der Waals surface area contributed by atoms with E-state index in [1.165, 1.54) is 7.05 Å². The molecular weight excluding hydrogens is 100 g/mol. The molecule has 0 unspecified atom stereocenters. The Morgan fingerprint density at radius 2 is 2.00 bits per heavy atom. The molecule has 0 aliphatic rings. The molecule has 0 bridgehead atoms. The largest absolute Gasteiger partial charge is 0.352 e. The molecule has 5 heteroatoms. The lowest BCUT2D eigenvalue weighted by atomic mass is 11.1. The van der Waals surface area contributed by atoms with Crippen LogP contribution in [0, 0.1) is 0 Å². The summed E-state index contributed by atoms with van der Waals surface area (Å²) in [5.41, 5.74) is 4.54. The van der Waals surface area contributed by atoms with Crippen molar-refractivity contribution in [2.75, 3.05) is 7.05 Å². The Bertz CT molecular complexity index is 50.5. The standard InChI is InChI=1S/C2H6N2O.H2O2.H2/c1-4-2(3)5;1-2;/h1H3,(H3,3,4,5);1-2H;1H. The third kappa shape index (κ3) is 37.3. The number of hydrogen-bond donors (Lipinski definition) is 4. The molecule has 0 aliphatic heterocycles. The maximum atomic E-state index is 9.48. The molecule has 0 saturated heterocycles. The number of carbonyl (C=O) groups is 1. The van der Waals surface area contributed by atoms with E-state index < -0.39 is 6.03 Å². The number of rotatable bonds is 0. The highest BCUT2D eigenvalue weighted by molar-refractivity contribution is 5.71. The number of nitrogens with two attached hydrogens (primary N) is 1. The molecule has 0 radical (unpaired) electrons. The molecule has 0 spiro atoms. The van der Waals surface area contributed by atoms with E-state index in [9.17, 15) is 4.79 Å². The fraction of sp³-hybridized carbons (Fsp3) is 0.500. The molecule has 5 N–H and O–H groups in total. The predicted octanol–water partition coefficient (Wildman–Crippen LogP) is -0.452. The second-order valence-corrected chi connectivity index (χ2v) is 0.614. The minimum absolute atomic E-state index is 0. The van der Waals surface area contributed by atoms with Crippen molar-refractivity contribution in [2.24, 2.45) is 5.73 Å². The van der Waals surface area contributed by atoms with E-state index in [1.807, 2.05) is 0 Å². The summed E-state index contributed by atoms with van der Waals surface area (Å²) in [5.74, 6) is 0. The van der Waals surface area contributed by atoms with Crippen LogP contribution in [0.4, 0.5) is 4.79 Å². The molecule has 0 fully saturated rings. The SMILES string of the molecule is CNC(N)=O.OO.[HH]. The smallest absolute Gasteiger partial charge is 0.311 e. The zero-order chi connectivity index (χ0) is 6.28. The van der Waals surface area contributed by atoms with Gasteiger partial charge in [0.2, 0.25) is 0 Å². The van der Waals surface area contributed by atoms with Crippen molar-refractivity contribution in [2.45, 2.75) is 0 Å². The molecule has 5 nitrogen and oxygen atoms in total. The first kappa shape index (κ1) is 9.50. The summed E-state index contributed by atoms with van der Waals surface area (Å²) in [7, 11) is 1.47. The Hall–Kier alpha value is -0.810. The van der Waals surface area contributed by atoms with Gasteiger partial charge >= 0.3 is 6.03 Å². The minimum atomic E-state index is -0.495. The van der Waals surface area contributed by atoms with Crippen LogP contribution >= 0.6 is 0 Å². The van der Waals surface area contributed by atoms with Crippen LogP contribution in [-0.2, 0) is 0 Å². The number of nitrogens with one attached hydrogen (secondary N) is 1. The van der Waals surface area contributed by atoms with Crippen LogP contribution < -0.4 is 11.1 Å². The van der Waals surface area contributed by atoms with Crippen molar-refractivity contribution in [3.05, 3.63) is 0 Å². The Morgan fingerprint density at radius 3 is 2.00 bits per heavy atom. The summed E-state index contributed by atoms with van der Waals surface area (Å²) in [6.07, 6.45) is 0. The average Bonchev–Trinajstić information content (AvgIpc) is 1.73. The molecule has 0 rings (SSSR count). The van der Waals surface area contributed by atoms with Gasteiger partial charge in [0.05, 0.1) is 0 Å².